The highest BCUT2D eigenvalue weighted by molar-refractivity contribution is 6.33. The Hall–Kier alpha value is -4.83. The number of carbonyl (C=O) groups excluding carboxylic acids is 2. The van der Waals surface area contributed by atoms with Crippen LogP contribution in [0, 0.1) is 5.41 Å². The number of benzene rings is 2. The minimum Gasteiger partial charge on any atom is -0.486 e. The van der Waals surface area contributed by atoms with Gasteiger partial charge in [0.15, 0.2) is 11.5 Å². The lowest BCUT2D eigenvalue weighted by atomic mass is 10.0. The number of anilines is 1. The summed E-state index contributed by atoms with van der Waals surface area (Å²) in [6.45, 7) is 7.79. The molecule has 11 heteroatoms. The monoisotopic (exact) mass is 534 g/mol. The van der Waals surface area contributed by atoms with E-state index in [-0.39, 0.29) is 29.6 Å². The molecule has 3 rings (SSSR count). The van der Waals surface area contributed by atoms with Crippen LogP contribution in [-0.4, -0.2) is 35.8 Å². The molecule has 0 aliphatic carbocycles. The highest BCUT2D eigenvalue weighted by atomic mass is 35.5. The minimum absolute atomic E-state index is 0.0817. The van der Waals surface area contributed by atoms with Gasteiger partial charge in [0.2, 0.25) is 0 Å². The molecule has 3 aromatic rings. The first kappa shape index (κ1) is 27.8. The van der Waals surface area contributed by atoms with Gasteiger partial charge in [-0.05, 0) is 48.0 Å². The topological polar surface area (TPSA) is 151 Å². The lowest BCUT2D eigenvalue weighted by Crippen LogP contribution is -2.45. The Kier molecular flexibility index (Phi) is 9.84. The van der Waals surface area contributed by atoms with Gasteiger partial charge in [0, 0.05) is 23.6 Å². The number of hydrazine groups is 1. The molecule has 0 aliphatic heterocycles. The van der Waals surface area contributed by atoms with Crippen molar-refractivity contribution in [1.29, 1.82) is 5.41 Å². The van der Waals surface area contributed by atoms with Crippen LogP contribution in [0.5, 0.6) is 11.5 Å². The summed E-state index contributed by atoms with van der Waals surface area (Å²) in [6, 6.07) is 12.2. The van der Waals surface area contributed by atoms with E-state index >= 15 is 0 Å². The lowest BCUT2D eigenvalue weighted by Gasteiger charge is -2.22. The van der Waals surface area contributed by atoms with E-state index in [1.165, 1.54) is 18.5 Å². The molecule has 1 unspecified atom stereocenters. The van der Waals surface area contributed by atoms with Crippen LogP contribution in [0.25, 0.3) is 0 Å². The van der Waals surface area contributed by atoms with Gasteiger partial charge in [-0.2, -0.15) is 0 Å². The van der Waals surface area contributed by atoms with E-state index in [2.05, 4.69) is 34.3 Å². The van der Waals surface area contributed by atoms with E-state index in [1.807, 2.05) is 0 Å². The summed E-state index contributed by atoms with van der Waals surface area (Å²) in [6.07, 6.45) is 5.93. The number of halogens is 1. The van der Waals surface area contributed by atoms with Crippen molar-refractivity contribution in [3.8, 4) is 11.5 Å². The van der Waals surface area contributed by atoms with E-state index in [9.17, 15) is 9.59 Å². The molecule has 1 atom stereocenters. The van der Waals surface area contributed by atoms with E-state index in [1.54, 1.807) is 54.6 Å². The van der Waals surface area contributed by atoms with Crippen LogP contribution in [0.4, 0.5) is 5.69 Å². The minimum atomic E-state index is -0.984. The second kappa shape index (κ2) is 13.5. The maximum absolute atomic E-state index is 13.3. The van der Waals surface area contributed by atoms with Crippen molar-refractivity contribution in [3.63, 3.8) is 0 Å². The molecule has 38 heavy (non-hydrogen) atoms. The van der Waals surface area contributed by atoms with Crippen LogP contribution in [0.1, 0.15) is 27.5 Å². The predicted molar refractivity (Wildman–Crippen MR) is 147 cm³/mol. The number of nitrogen functional groups attached to an aromatic ring is 1. The molecule has 10 nitrogen and oxygen atoms in total. The standard InChI is InChI=1S/C27H27ClN6O4/c1-3-13-37-22-10-7-18(15-23(22)38-14-4-2)24(32-19-8-5-17(6-9-19)25(29)30)27(36)34-33-26(35)20-16-31-12-11-21(20)28/h3-12,15-16,24,32H,1-2,13-14H2,(H3,29,30)(H,33,35)(H,34,36). The van der Waals surface area contributed by atoms with Crippen molar-refractivity contribution in [1.82, 2.24) is 15.8 Å². The lowest BCUT2D eigenvalue weighted by molar-refractivity contribution is -0.122. The van der Waals surface area contributed by atoms with Crippen molar-refractivity contribution in [2.75, 3.05) is 18.5 Å². The molecule has 2 amide bonds. The van der Waals surface area contributed by atoms with Gasteiger partial charge < -0.3 is 20.5 Å². The summed E-state index contributed by atoms with van der Waals surface area (Å²) < 4.78 is 11.4. The Labute approximate surface area is 225 Å². The zero-order valence-corrected chi connectivity index (χ0v) is 21.1. The third-order valence-electron chi connectivity index (χ3n) is 5.10. The van der Waals surface area contributed by atoms with E-state index in [0.29, 0.717) is 28.3 Å². The van der Waals surface area contributed by atoms with Gasteiger partial charge in [-0.1, -0.05) is 43.0 Å². The summed E-state index contributed by atoms with van der Waals surface area (Å²) in [5, 5.41) is 10.9. The maximum Gasteiger partial charge on any atom is 0.272 e. The van der Waals surface area contributed by atoms with Gasteiger partial charge in [-0.25, -0.2) is 0 Å². The molecule has 6 N–H and O–H groups in total. The molecular formula is C27H27ClN6O4. The van der Waals surface area contributed by atoms with Crippen LogP contribution in [0.15, 0.2) is 86.2 Å². The van der Waals surface area contributed by atoms with E-state index in [0.717, 1.165) is 0 Å². The Bertz CT molecular complexity index is 1330. The molecule has 1 aromatic heterocycles. The number of hydrogen-bond donors (Lipinski definition) is 5. The van der Waals surface area contributed by atoms with Crippen molar-refractivity contribution >= 4 is 34.9 Å². The molecule has 0 aliphatic rings. The molecule has 0 spiro atoms. The van der Waals surface area contributed by atoms with Crippen LogP contribution < -0.4 is 31.4 Å². The third kappa shape index (κ3) is 7.34. The SMILES string of the molecule is C=CCOc1ccc(C(Nc2ccc(C(=N)N)cc2)C(=O)NNC(=O)c2cnccc2Cl)cc1OCC=C. The van der Waals surface area contributed by atoms with Gasteiger partial charge in [-0.3, -0.25) is 30.8 Å². The van der Waals surface area contributed by atoms with E-state index in [4.69, 9.17) is 32.2 Å². The van der Waals surface area contributed by atoms with Crippen LogP contribution >= 0.6 is 11.6 Å². The number of carbonyl (C=O) groups is 2. The number of amides is 2. The predicted octanol–water partition coefficient (Wildman–Crippen LogP) is 3.76. The fourth-order valence-corrected chi connectivity index (χ4v) is 3.44. The number of rotatable bonds is 12. The number of pyridine rings is 1. The van der Waals surface area contributed by atoms with Crippen molar-refractivity contribution in [3.05, 3.63) is 108 Å². The first-order valence-electron chi connectivity index (χ1n) is 11.4. The largest absolute Gasteiger partial charge is 0.486 e. The van der Waals surface area contributed by atoms with Crippen LogP contribution in [0.3, 0.4) is 0 Å². The molecule has 0 fully saturated rings. The Balaban J connectivity index is 1.90. The van der Waals surface area contributed by atoms with Crippen molar-refractivity contribution in [2.45, 2.75) is 6.04 Å². The number of nitrogens with zero attached hydrogens (tertiary/aromatic N) is 1. The molecule has 1 heterocycles. The average Bonchev–Trinajstić information content (AvgIpc) is 2.93. The highest BCUT2D eigenvalue weighted by Crippen LogP contribution is 2.32. The highest BCUT2D eigenvalue weighted by Gasteiger charge is 2.24. The molecule has 196 valence electrons. The van der Waals surface area contributed by atoms with Gasteiger partial charge in [0.1, 0.15) is 25.1 Å². The number of nitrogens with two attached hydrogens (primary N) is 1. The van der Waals surface area contributed by atoms with Crippen molar-refractivity contribution < 1.29 is 19.1 Å². The molecule has 0 bridgehead atoms. The average molecular weight is 535 g/mol. The maximum atomic E-state index is 13.3. The summed E-state index contributed by atoms with van der Waals surface area (Å²) in [7, 11) is 0. The first-order valence-corrected chi connectivity index (χ1v) is 11.7. The van der Waals surface area contributed by atoms with Gasteiger partial charge >= 0.3 is 0 Å². The summed E-state index contributed by atoms with van der Waals surface area (Å²) in [5.41, 5.74) is 12.0. The van der Waals surface area contributed by atoms with E-state index < -0.39 is 17.9 Å². The zero-order valence-electron chi connectivity index (χ0n) is 20.4. The number of ether oxygens (including phenoxy) is 2. The summed E-state index contributed by atoms with van der Waals surface area (Å²) >= 11 is 6.06. The normalized spacial score (nSPS) is 11.0. The fourth-order valence-electron chi connectivity index (χ4n) is 3.25. The van der Waals surface area contributed by atoms with Gasteiger partial charge in [0.25, 0.3) is 11.8 Å². The number of amidine groups is 1. The molecule has 0 saturated carbocycles. The number of nitrogens with one attached hydrogen (secondary N) is 4. The van der Waals surface area contributed by atoms with Gasteiger partial charge in [-0.15, -0.1) is 0 Å². The second-order valence-corrected chi connectivity index (χ2v) is 8.18. The molecule has 2 aromatic carbocycles. The number of aromatic nitrogens is 1. The quantitative estimate of drug-likeness (QED) is 0.103. The second-order valence-electron chi connectivity index (χ2n) is 7.77. The van der Waals surface area contributed by atoms with Crippen LogP contribution in [-0.2, 0) is 4.79 Å². The van der Waals surface area contributed by atoms with Gasteiger partial charge in [0.05, 0.1) is 10.6 Å². The summed E-state index contributed by atoms with van der Waals surface area (Å²) in [4.78, 5) is 29.8. The molecule has 0 saturated heterocycles. The number of hydrogen-bond acceptors (Lipinski definition) is 7. The zero-order chi connectivity index (χ0) is 27.5. The molecular weight excluding hydrogens is 508 g/mol. The first-order chi connectivity index (χ1) is 18.3. The summed E-state index contributed by atoms with van der Waals surface area (Å²) in [5.74, 6) is -0.448. The Morgan fingerprint density at radius 2 is 1.71 bits per heavy atom. The van der Waals surface area contributed by atoms with Crippen molar-refractivity contribution in [2.24, 2.45) is 5.73 Å². The Morgan fingerprint density at radius 3 is 2.34 bits per heavy atom. The third-order valence-corrected chi connectivity index (χ3v) is 5.42. The fraction of sp³-hybridized carbons (Fsp3) is 0.111. The molecule has 0 radical (unpaired) electrons. The smallest absolute Gasteiger partial charge is 0.272 e. The van der Waals surface area contributed by atoms with Crippen LogP contribution in [0.2, 0.25) is 5.02 Å². The Morgan fingerprint density at radius 1 is 1.03 bits per heavy atom.